The zero-order chi connectivity index (χ0) is 18.5. The van der Waals surface area contributed by atoms with Gasteiger partial charge in [-0.25, -0.2) is 8.78 Å². The third-order valence-corrected chi connectivity index (χ3v) is 6.23. The highest BCUT2D eigenvalue weighted by atomic mass is 19.1. The summed E-state index contributed by atoms with van der Waals surface area (Å²) in [6, 6.07) is 8.02. The van der Waals surface area contributed by atoms with E-state index in [0.29, 0.717) is 0 Å². The number of likely N-dealkylation sites (N-methyl/N-ethyl adjacent to an activating group) is 1. The van der Waals surface area contributed by atoms with Crippen molar-refractivity contribution in [1.29, 1.82) is 0 Å². The molecule has 3 nitrogen and oxygen atoms in total. The van der Waals surface area contributed by atoms with Gasteiger partial charge in [-0.1, -0.05) is 31.2 Å². The molecule has 1 spiro atoms. The van der Waals surface area contributed by atoms with E-state index < -0.39 is 17.2 Å². The molecule has 2 aliphatic heterocycles. The maximum Gasteiger partial charge on any atom is 0.242 e. The maximum absolute atomic E-state index is 14.0. The topological polar surface area (TPSA) is 32.3 Å². The van der Waals surface area contributed by atoms with Crippen LogP contribution in [0.1, 0.15) is 49.3 Å². The number of amides is 1. The molecule has 1 aromatic rings. The number of likely N-dealkylation sites (tertiary alicyclic amines) is 1. The van der Waals surface area contributed by atoms with Crippen molar-refractivity contribution in [2.24, 2.45) is 5.92 Å². The summed E-state index contributed by atoms with van der Waals surface area (Å²) in [4.78, 5) is 14.3. The minimum Gasteiger partial charge on any atom is -0.344 e. The molecule has 1 N–H and O–H groups in total. The van der Waals surface area contributed by atoms with Crippen molar-refractivity contribution in [3.8, 4) is 0 Å². The standard InChI is InChI=1S/C21H24F2N2O/c1-13-17(11-16(22)12-18(13)23)14-4-3-5-15(10-14)19-6-7-21(24-19)8-9-25(2)20(21)26/h3-5,10-13,17,19,24H,6-9H2,1-2H3/t13?,17?,19-,21+/m1/s1. The average Bonchev–Trinajstić information content (AvgIpc) is 3.18. The summed E-state index contributed by atoms with van der Waals surface area (Å²) >= 11 is 0. The Morgan fingerprint density at radius 2 is 2.00 bits per heavy atom. The summed E-state index contributed by atoms with van der Waals surface area (Å²) in [7, 11) is 1.85. The SMILES string of the molecule is CC1C(F)=CC(F)=CC1c1cccc([C@H]2CC[C@@]3(CCN(C)C3=O)N2)c1. The lowest BCUT2D eigenvalue weighted by atomic mass is 9.82. The number of carbonyl (C=O) groups excluding carboxylic acids is 1. The molecule has 1 aromatic carbocycles. The number of hydrogen-bond acceptors (Lipinski definition) is 2. The fraction of sp³-hybridized carbons (Fsp3) is 0.476. The van der Waals surface area contributed by atoms with E-state index in [2.05, 4.69) is 5.32 Å². The largest absolute Gasteiger partial charge is 0.344 e. The van der Waals surface area contributed by atoms with Gasteiger partial charge >= 0.3 is 0 Å². The molecule has 2 unspecified atom stereocenters. The Hall–Kier alpha value is -2.01. The third-order valence-electron chi connectivity index (χ3n) is 6.23. The van der Waals surface area contributed by atoms with Crippen molar-refractivity contribution >= 4 is 5.91 Å². The van der Waals surface area contributed by atoms with E-state index in [1.54, 1.807) is 11.8 Å². The molecule has 4 rings (SSSR count). The zero-order valence-corrected chi connectivity index (χ0v) is 15.1. The van der Waals surface area contributed by atoms with Crippen molar-refractivity contribution in [3.63, 3.8) is 0 Å². The summed E-state index contributed by atoms with van der Waals surface area (Å²) in [6.45, 7) is 2.57. The van der Waals surface area contributed by atoms with Crippen LogP contribution >= 0.6 is 0 Å². The van der Waals surface area contributed by atoms with Gasteiger partial charge in [0.05, 0.1) is 0 Å². The van der Waals surface area contributed by atoms with Crippen molar-refractivity contribution < 1.29 is 13.6 Å². The average molecular weight is 358 g/mol. The van der Waals surface area contributed by atoms with Gasteiger partial charge in [0.15, 0.2) is 0 Å². The fourth-order valence-electron chi connectivity index (χ4n) is 4.58. The van der Waals surface area contributed by atoms with Crippen LogP contribution in [0.2, 0.25) is 0 Å². The van der Waals surface area contributed by atoms with Crippen LogP contribution in [0.5, 0.6) is 0 Å². The van der Waals surface area contributed by atoms with Crippen molar-refractivity contribution in [2.45, 2.75) is 43.7 Å². The number of allylic oxidation sites excluding steroid dienone is 4. The quantitative estimate of drug-likeness (QED) is 0.861. The highest BCUT2D eigenvalue weighted by molar-refractivity contribution is 5.88. The monoisotopic (exact) mass is 358 g/mol. The van der Waals surface area contributed by atoms with Gasteiger partial charge < -0.3 is 4.90 Å². The molecular weight excluding hydrogens is 334 g/mol. The summed E-state index contributed by atoms with van der Waals surface area (Å²) < 4.78 is 27.7. The first-order chi connectivity index (χ1) is 12.4. The second-order valence-corrected chi connectivity index (χ2v) is 7.86. The van der Waals surface area contributed by atoms with E-state index in [1.165, 1.54) is 6.08 Å². The summed E-state index contributed by atoms with van der Waals surface area (Å²) in [5, 5.41) is 3.56. The van der Waals surface area contributed by atoms with E-state index in [1.807, 2.05) is 31.3 Å². The molecule has 3 aliphatic rings. The Labute approximate surface area is 152 Å². The number of carbonyl (C=O) groups is 1. The molecule has 26 heavy (non-hydrogen) atoms. The number of nitrogens with one attached hydrogen (secondary N) is 1. The number of benzene rings is 1. The van der Waals surface area contributed by atoms with Crippen molar-refractivity contribution in [2.75, 3.05) is 13.6 Å². The fourth-order valence-corrected chi connectivity index (χ4v) is 4.58. The Morgan fingerprint density at radius 1 is 1.23 bits per heavy atom. The Balaban J connectivity index is 1.58. The predicted molar refractivity (Wildman–Crippen MR) is 96.8 cm³/mol. The molecule has 0 aromatic heterocycles. The number of hydrogen-bond donors (Lipinski definition) is 1. The van der Waals surface area contributed by atoms with Crippen molar-refractivity contribution in [3.05, 3.63) is 59.2 Å². The Morgan fingerprint density at radius 3 is 2.73 bits per heavy atom. The Bertz CT molecular complexity index is 803. The summed E-state index contributed by atoms with van der Waals surface area (Å²) in [5.41, 5.74) is 1.55. The smallest absolute Gasteiger partial charge is 0.242 e. The van der Waals surface area contributed by atoms with Gasteiger partial charge in [-0.15, -0.1) is 0 Å². The lowest BCUT2D eigenvalue weighted by Gasteiger charge is -2.25. The summed E-state index contributed by atoms with van der Waals surface area (Å²) in [5.74, 6) is -1.45. The van der Waals surface area contributed by atoms with Crippen LogP contribution < -0.4 is 5.32 Å². The van der Waals surface area contributed by atoms with E-state index in [-0.39, 0.29) is 23.8 Å². The lowest BCUT2D eigenvalue weighted by molar-refractivity contribution is -0.131. The van der Waals surface area contributed by atoms with Gasteiger partial charge in [0.2, 0.25) is 5.91 Å². The van der Waals surface area contributed by atoms with Crippen LogP contribution in [-0.2, 0) is 4.79 Å². The molecule has 0 bridgehead atoms. The van der Waals surface area contributed by atoms with Crippen LogP contribution in [0.4, 0.5) is 8.78 Å². The second-order valence-electron chi connectivity index (χ2n) is 7.86. The van der Waals surface area contributed by atoms with E-state index in [4.69, 9.17) is 0 Å². The lowest BCUT2D eigenvalue weighted by Crippen LogP contribution is -2.47. The highest BCUT2D eigenvalue weighted by Crippen LogP contribution is 2.41. The maximum atomic E-state index is 14.0. The first kappa shape index (κ1) is 17.4. The first-order valence-corrected chi connectivity index (χ1v) is 9.27. The zero-order valence-electron chi connectivity index (χ0n) is 15.1. The molecule has 0 radical (unpaired) electrons. The molecule has 4 atom stereocenters. The van der Waals surface area contributed by atoms with Crippen LogP contribution in [0.25, 0.3) is 0 Å². The van der Waals surface area contributed by atoms with Gasteiger partial charge in [-0.2, -0.15) is 0 Å². The first-order valence-electron chi connectivity index (χ1n) is 9.27. The van der Waals surface area contributed by atoms with Crippen LogP contribution in [0.3, 0.4) is 0 Å². The van der Waals surface area contributed by atoms with Gasteiger partial charge in [-0.05, 0) is 36.5 Å². The normalized spacial score (nSPS) is 34.4. The predicted octanol–water partition coefficient (Wildman–Crippen LogP) is 4.15. The van der Waals surface area contributed by atoms with Gasteiger partial charge in [-0.3, -0.25) is 10.1 Å². The molecule has 2 saturated heterocycles. The molecule has 0 saturated carbocycles. The van der Waals surface area contributed by atoms with Gasteiger partial charge in [0.1, 0.15) is 17.2 Å². The van der Waals surface area contributed by atoms with E-state index in [0.717, 1.165) is 43.0 Å². The molecule has 2 heterocycles. The molecule has 1 amide bonds. The van der Waals surface area contributed by atoms with Gasteiger partial charge in [0.25, 0.3) is 0 Å². The van der Waals surface area contributed by atoms with Crippen molar-refractivity contribution in [1.82, 2.24) is 10.2 Å². The molecule has 138 valence electrons. The van der Waals surface area contributed by atoms with Gasteiger partial charge in [0, 0.05) is 37.5 Å². The van der Waals surface area contributed by atoms with Crippen LogP contribution in [0, 0.1) is 5.92 Å². The number of rotatable bonds is 2. The van der Waals surface area contributed by atoms with E-state index in [9.17, 15) is 13.6 Å². The minimum absolute atomic E-state index is 0.0958. The summed E-state index contributed by atoms with van der Waals surface area (Å²) in [6.07, 6.45) is 5.02. The molecule has 1 aliphatic carbocycles. The second kappa shape index (κ2) is 6.31. The molecule has 5 heteroatoms. The Kier molecular flexibility index (Phi) is 4.22. The van der Waals surface area contributed by atoms with Crippen LogP contribution in [0.15, 0.2) is 48.1 Å². The number of halogens is 2. The van der Waals surface area contributed by atoms with Crippen LogP contribution in [-0.4, -0.2) is 29.9 Å². The van der Waals surface area contributed by atoms with E-state index >= 15 is 0 Å². The third kappa shape index (κ3) is 2.78. The minimum atomic E-state index is -0.520. The number of nitrogens with zero attached hydrogens (tertiary/aromatic N) is 1. The highest BCUT2D eigenvalue weighted by Gasteiger charge is 2.50. The molecule has 2 fully saturated rings. The molecular formula is C21H24F2N2O.